The van der Waals surface area contributed by atoms with Crippen LogP contribution in [0.2, 0.25) is 0 Å². The summed E-state index contributed by atoms with van der Waals surface area (Å²) >= 11 is 0. The van der Waals surface area contributed by atoms with Crippen LogP contribution in [0.1, 0.15) is 18.1 Å². The number of aromatic hydroxyl groups is 1. The summed E-state index contributed by atoms with van der Waals surface area (Å²) in [5.41, 5.74) is 2.80. The first-order valence-electron chi connectivity index (χ1n) is 5.62. The quantitative estimate of drug-likeness (QED) is 0.756. The highest BCUT2D eigenvalue weighted by Crippen LogP contribution is 2.30. The van der Waals surface area contributed by atoms with Gasteiger partial charge < -0.3 is 15.4 Å². The summed E-state index contributed by atoms with van der Waals surface area (Å²) in [6, 6.07) is 3.83. The molecule has 17 heavy (non-hydrogen) atoms. The zero-order valence-electron chi connectivity index (χ0n) is 10.0. The van der Waals surface area contributed by atoms with Crippen molar-refractivity contribution in [2.75, 3.05) is 6.54 Å². The first-order valence-corrected chi connectivity index (χ1v) is 5.62. The van der Waals surface area contributed by atoms with E-state index in [1.165, 1.54) is 6.92 Å². The molecule has 0 spiro atoms. The van der Waals surface area contributed by atoms with Gasteiger partial charge in [0.1, 0.15) is 5.75 Å². The van der Waals surface area contributed by atoms with Crippen LogP contribution < -0.4 is 5.32 Å². The Morgan fingerprint density at radius 3 is 2.94 bits per heavy atom. The van der Waals surface area contributed by atoms with Crippen LogP contribution in [-0.4, -0.2) is 22.5 Å². The van der Waals surface area contributed by atoms with Crippen molar-refractivity contribution in [3.8, 4) is 5.75 Å². The van der Waals surface area contributed by atoms with Crippen LogP contribution in [0.3, 0.4) is 0 Å². The van der Waals surface area contributed by atoms with E-state index in [4.69, 9.17) is 0 Å². The summed E-state index contributed by atoms with van der Waals surface area (Å²) < 4.78 is 0. The third kappa shape index (κ3) is 2.25. The number of aryl methyl sites for hydroxylation is 1. The highest BCUT2D eigenvalue weighted by molar-refractivity contribution is 5.90. The number of hydrogen-bond acceptors (Lipinski definition) is 2. The molecule has 1 aromatic carbocycles. The Balaban J connectivity index is 2.28. The lowest BCUT2D eigenvalue weighted by Gasteiger charge is -2.04. The number of benzene rings is 1. The number of hydrogen-bond donors (Lipinski definition) is 3. The summed E-state index contributed by atoms with van der Waals surface area (Å²) in [5, 5.41) is 13.6. The largest absolute Gasteiger partial charge is 0.507 e. The Hall–Kier alpha value is -1.97. The summed E-state index contributed by atoms with van der Waals surface area (Å²) in [7, 11) is 0. The second-order valence-electron chi connectivity index (χ2n) is 4.20. The fourth-order valence-corrected chi connectivity index (χ4v) is 1.95. The third-order valence-electron chi connectivity index (χ3n) is 2.87. The zero-order chi connectivity index (χ0) is 12.4. The van der Waals surface area contributed by atoms with E-state index >= 15 is 0 Å². The molecule has 4 heteroatoms. The first kappa shape index (κ1) is 11.5. The molecular formula is C13H16N2O2. The fraction of sp³-hybridized carbons (Fsp3) is 0.308. The monoisotopic (exact) mass is 232 g/mol. The minimum absolute atomic E-state index is 0.0368. The topological polar surface area (TPSA) is 65.1 Å². The van der Waals surface area contributed by atoms with Crippen molar-refractivity contribution in [1.82, 2.24) is 10.3 Å². The average Bonchev–Trinajstić information content (AvgIpc) is 2.67. The summed E-state index contributed by atoms with van der Waals surface area (Å²) in [6.07, 6.45) is 2.59. The van der Waals surface area contributed by atoms with Gasteiger partial charge in [0.05, 0.1) is 0 Å². The number of aromatic amines is 1. The molecule has 2 aromatic rings. The molecular weight excluding hydrogens is 216 g/mol. The molecule has 0 aliphatic carbocycles. The molecule has 0 saturated carbocycles. The van der Waals surface area contributed by atoms with Gasteiger partial charge in [-0.2, -0.15) is 0 Å². The van der Waals surface area contributed by atoms with Crippen LogP contribution in [0, 0.1) is 6.92 Å². The van der Waals surface area contributed by atoms with E-state index in [-0.39, 0.29) is 5.91 Å². The molecule has 3 N–H and O–H groups in total. The van der Waals surface area contributed by atoms with E-state index in [2.05, 4.69) is 10.3 Å². The van der Waals surface area contributed by atoms with Gasteiger partial charge in [0.25, 0.3) is 0 Å². The Labute approximate surface area is 99.7 Å². The lowest BCUT2D eigenvalue weighted by Crippen LogP contribution is -2.22. The van der Waals surface area contributed by atoms with Crippen LogP contribution in [-0.2, 0) is 11.2 Å². The van der Waals surface area contributed by atoms with Gasteiger partial charge in [0.2, 0.25) is 5.91 Å². The number of aromatic nitrogens is 1. The molecule has 2 rings (SSSR count). The predicted octanol–water partition coefficient (Wildman–Crippen LogP) is 1.86. The smallest absolute Gasteiger partial charge is 0.216 e. The van der Waals surface area contributed by atoms with Crippen molar-refractivity contribution in [2.45, 2.75) is 20.3 Å². The summed E-state index contributed by atoms with van der Waals surface area (Å²) in [4.78, 5) is 13.9. The maximum Gasteiger partial charge on any atom is 0.216 e. The SMILES string of the molecule is CC(=O)NCCc1c[nH]c2ccc(C)c(O)c12. The van der Waals surface area contributed by atoms with Crippen molar-refractivity contribution in [1.29, 1.82) is 0 Å². The molecule has 0 aliphatic rings. The van der Waals surface area contributed by atoms with Crippen molar-refractivity contribution < 1.29 is 9.90 Å². The first-order chi connectivity index (χ1) is 8.09. The van der Waals surface area contributed by atoms with Gasteiger partial charge in [0, 0.05) is 30.6 Å². The van der Waals surface area contributed by atoms with Gasteiger partial charge in [-0.15, -0.1) is 0 Å². The number of amides is 1. The lowest BCUT2D eigenvalue weighted by molar-refractivity contribution is -0.118. The molecule has 0 bridgehead atoms. The third-order valence-corrected chi connectivity index (χ3v) is 2.87. The number of phenolic OH excluding ortho intramolecular Hbond substituents is 1. The minimum atomic E-state index is -0.0368. The number of rotatable bonds is 3. The van der Waals surface area contributed by atoms with E-state index in [0.29, 0.717) is 18.7 Å². The van der Waals surface area contributed by atoms with Crippen LogP contribution >= 0.6 is 0 Å². The maximum atomic E-state index is 10.8. The number of carbonyl (C=O) groups is 1. The Kier molecular flexibility index (Phi) is 3.04. The van der Waals surface area contributed by atoms with Crippen molar-refractivity contribution in [2.24, 2.45) is 0 Å². The lowest BCUT2D eigenvalue weighted by atomic mass is 10.1. The van der Waals surface area contributed by atoms with Gasteiger partial charge in [-0.1, -0.05) is 6.07 Å². The molecule has 1 aromatic heterocycles. The second-order valence-corrected chi connectivity index (χ2v) is 4.20. The maximum absolute atomic E-state index is 10.8. The molecule has 0 radical (unpaired) electrons. The fourth-order valence-electron chi connectivity index (χ4n) is 1.95. The van der Waals surface area contributed by atoms with Crippen LogP contribution in [0.25, 0.3) is 10.9 Å². The van der Waals surface area contributed by atoms with E-state index in [1.54, 1.807) is 0 Å². The number of carbonyl (C=O) groups excluding carboxylic acids is 1. The van der Waals surface area contributed by atoms with Crippen molar-refractivity contribution in [3.05, 3.63) is 29.5 Å². The molecule has 1 heterocycles. The van der Waals surface area contributed by atoms with Crippen molar-refractivity contribution >= 4 is 16.8 Å². The van der Waals surface area contributed by atoms with E-state index in [9.17, 15) is 9.90 Å². The molecule has 4 nitrogen and oxygen atoms in total. The van der Waals surface area contributed by atoms with Crippen LogP contribution in [0.15, 0.2) is 18.3 Å². The number of fused-ring (bicyclic) bond motifs is 1. The van der Waals surface area contributed by atoms with E-state index in [0.717, 1.165) is 22.0 Å². The highest BCUT2D eigenvalue weighted by Gasteiger charge is 2.09. The van der Waals surface area contributed by atoms with Crippen LogP contribution in [0.4, 0.5) is 0 Å². The zero-order valence-corrected chi connectivity index (χ0v) is 10.0. The minimum Gasteiger partial charge on any atom is -0.507 e. The molecule has 1 amide bonds. The number of nitrogens with one attached hydrogen (secondary N) is 2. The van der Waals surface area contributed by atoms with Crippen LogP contribution in [0.5, 0.6) is 5.75 Å². The van der Waals surface area contributed by atoms with Gasteiger partial charge in [-0.25, -0.2) is 0 Å². The molecule has 0 aliphatic heterocycles. The summed E-state index contributed by atoms with van der Waals surface area (Å²) in [5.74, 6) is 0.284. The number of H-pyrrole nitrogens is 1. The second kappa shape index (κ2) is 4.49. The van der Waals surface area contributed by atoms with E-state index in [1.807, 2.05) is 25.3 Å². The molecule has 0 fully saturated rings. The Morgan fingerprint density at radius 2 is 2.24 bits per heavy atom. The van der Waals surface area contributed by atoms with Crippen molar-refractivity contribution in [3.63, 3.8) is 0 Å². The molecule has 0 atom stereocenters. The Bertz CT molecular complexity index is 558. The molecule has 0 saturated heterocycles. The summed E-state index contributed by atoms with van der Waals surface area (Å²) in [6.45, 7) is 3.95. The highest BCUT2D eigenvalue weighted by atomic mass is 16.3. The molecule has 0 unspecified atom stereocenters. The average molecular weight is 232 g/mol. The molecule has 90 valence electrons. The van der Waals surface area contributed by atoms with Gasteiger partial charge in [-0.3, -0.25) is 4.79 Å². The van der Waals surface area contributed by atoms with E-state index < -0.39 is 0 Å². The normalized spacial score (nSPS) is 10.7. The number of phenols is 1. The standard InChI is InChI=1S/C13H16N2O2/c1-8-3-4-11-12(13(8)17)10(7-15-11)5-6-14-9(2)16/h3-4,7,15,17H,5-6H2,1-2H3,(H,14,16). The predicted molar refractivity (Wildman–Crippen MR) is 67.1 cm³/mol. The Morgan fingerprint density at radius 1 is 1.47 bits per heavy atom. The van der Waals surface area contributed by atoms with Gasteiger partial charge >= 0.3 is 0 Å². The van der Waals surface area contributed by atoms with Gasteiger partial charge in [0.15, 0.2) is 0 Å². The van der Waals surface area contributed by atoms with Gasteiger partial charge in [-0.05, 0) is 30.5 Å².